The monoisotopic (exact) mass is 347 g/mol. The van der Waals surface area contributed by atoms with Crippen LogP contribution in [0.5, 0.6) is 0 Å². The van der Waals surface area contributed by atoms with Gasteiger partial charge in [0.05, 0.1) is 16.3 Å². The Kier molecular flexibility index (Phi) is 5.22. The molecule has 2 aromatic rings. The molecule has 0 aliphatic carbocycles. The quantitative estimate of drug-likeness (QED) is 0.879. The lowest BCUT2D eigenvalue weighted by molar-refractivity contribution is 0.0696. The molecule has 24 heavy (non-hydrogen) atoms. The summed E-state index contributed by atoms with van der Waals surface area (Å²) in [6, 6.07) is 1.45. The number of carbonyl (C=O) groups is 1. The molecule has 1 N–H and O–H groups in total. The highest BCUT2D eigenvalue weighted by Gasteiger charge is 2.20. The number of carboxylic acids is 1. The molecule has 3 heterocycles. The summed E-state index contributed by atoms with van der Waals surface area (Å²) in [6.07, 6.45) is 7.41. The number of pyridine rings is 1. The number of aromatic nitrogens is 3. The van der Waals surface area contributed by atoms with Gasteiger partial charge in [0, 0.05) is 63.9 Å². The Labute approximate surface area is 144 Å². The largest absolute Gasteiger partial charge is 0.478 e. The van der Waals surface area contributed by atoms with Gasteiger partial charge in [-0.2, -0.15) is 0 Å². The molecule has 1 aliphatic heterocycles. The maximum absolute atomic E-state index is 10.9. The van der Waals surface area contributed by atoms with Gasteiger partial charge in [0.1, 0.15) is 5.82 Å². The number of halogens is 1. The average molecular weight is 348 g/mol. The summed E-state index contributed by atoms with van der Waals surface area (Å²) in [5.41, 5.74) is 1.10. The Balaban J connectivity index is 1.54. The minimum absolute atomic E-state index is 0.103. The zero-order chi connectivity index (χ0) is 16.9. The van der Waals surface area contributed by atoms with Gasteiger partial charge in [-0.25, -0.2) is 9.78 Å². The fourth-order valence-electron chi connectivity index (χ4n) is 2.70. The molecule has 1 fully saturated rings. The molecule has 7 nitrogen and oxygen atoms in total. The summed E-state index contributed by atoms with van der Waals surface area (Å²) in [6.45, 7) is 4.35. The molecule has 1 saturated heterocycles. The van der Waals surface area contributed by atoms with Gasteiger partial charge in [0.15, 0.2) is 0 Å². The Morgan fingerprint density at radius 3 is 2.58 bits per heavy atom. The van der Waals surface area contributed by atoms with Crippen molar-refractivity contribution in [1.82, 2.24) is 19.9 Å². The highest BCUT2D eigenvalue weighted by atomic mass is 35.5. The van der Waals surface area contributed by atoms with E-state index in [4.69, 9.17) is 16.7 Å². The smallest absolute Gasteiger partial charge is 0.337 e. The fourth-order valence-corrected chi connectivity index (χ4v) is 2.98. The van der Waals surface area contributed by atoms with Crippen molar-refractivity contribution in [3.63, 3.8) is 0 Å². The Hall–Kier alpha value is -2.25. The lowest BCUT2D eigenvalue weighted by Crippen LogP contribution is -2.47. The summed E-state index contributed by atoms with van der Waals surface area (Å²) in [7, 11) is 0. The van der Waals surface area contributed by atoms with E-state index in [-0.39, 0.29) is 5.56 Å². The highest BCUT2D eigenvalue weighted by molar-refractivity contribution is 6.33. The molecule has 0 spiro atoms. The second-order valence-corrected chi connectivity index (χ2v) is 6.02. The lowest BCUT2D eigenvalue weighted by atomic mass is 10.2. The van der Waals surface area contributed by atoms with Crippen LogP contribution >= 0.6 is 11.6 Å². The van der Waals surface area contributed by atoms with Crippen LogP contribution in [0.4, 0.5) is 5.82 Å². The normalized spacial score (nSPS) is 15.5. The summed E-state index contributed by atoms with van der Waals surface area (Å²) >= 11 is 6.19. The second kappa shape index (κ2) is 7.55. The van der Waals surface area contributed by atoms with E-state index in [2.05, 4.69) is 24.8 Å². The number of hydrogen-bond donors (Lipinski definition) is 1. The van der Waals surface area contributed by atoms with E-state index >= 15 is 0 Å². The van der Waals surface area contributed by atoms with Crippen LogP contribution < -0.4 is 4.90 Å². The predicted molar refractivity (Wildman–Crippen MR) is 90.6 cm³/mol. The van der Waals surface area contributed by atoms with Crippen LogP contribution in [0.25, 0.3) is 0 Å². The van der Waals surface area contributed by atoms with Crippen LogP contribution in [0.15, 0.2) is 30.9 Å². The van der Waals surface area contributed by atoms with E-state index in [0.29, 0.717) is 10.8 Å². The number of hydrogen-bond acceptors (Lipinski definition) is 6. The molecule has 8 heteroatoms. The van der Waals surface area contributed by atoms with Crippen molar-refractivity contribution >= 4 is 23.4 Å². The average Bonchev–Trinajstić information content (AvgIpc) is 2.61. The van der Waals surface area contributed by atoms with Gasteiger partial charge < -0.3 is 10.0 Å². The zero-order valence-electron chi connectivity index (χ0n) is 13.1. The SMILES string of the molecule is O=C(O)c1cnc(N2CCN(CCc3cnccn3)CC2)c(Cl)c1. The van der Waals surface area contributed by atoms with E-state index in [1.54, 1.807) is 18.6 Å². The van der Waals surface area contributed by atoms with Gasteiger partial charge in [-0.05, 0) is 6.07 Å². The van der Waals surface area contributed by atoms with Gasteiger partial charge in [-0.1, -0.05) is 11.6 Å². The number of anilines is 1. The van der Waals surface area contributed by atoms with Crippen LogP contribution in [-0.4, -0.2) is 63.7 Å². The Morgan fingerprint density at radius 1 is 1.17 bits per heavy atom. The van der Waals surface area contributed by atoms with Gasteiger partial charge in [0.25, 0.3) is 0 Å². The van der Waals surface area contributed by atoms with E-state index in [9.17, 15) is 4.79 Å². The van der Waals surface area contributed by atoms with Crippen molar-refractivity contribution in [2.45, 2.75) is 6.42 Å². The molecule has 126 valence electrons. The van der Waals surface area contributed by atoms with Crippen molar-refractivity contribution in [1.29, 1.82) is 0 Å². The molecule has 0 bridgehead atoms. The first-order valence-corrected chi connectivity index (χ1v) is 8.12. The summed E-state index contributed by atoms with van der Waals surface area (Å²) < 4.78 is 0. The van der Waals surface area contributed by atoms with E-state index in [1.165, 1.54) is 12.3 Å². The minimum atomic E-state index is -1.02. The molecular formula is C16H18ClN5O2. The van der Waals surface area contributed by atoms with Crippen LogP contribution in [0, 0.1) is 0 Å². The molecule has 0 amide bonds. The first kappa shape index (κ1) is 16.6. The van der Waals surface area contributed by atoms with Gasteiger partial charge in [0.2, 0.25) is 0 Å². The molecule has 3 rings (SSSR count). The zero-order valence-corrected chi connectivity index (χ0v) is 13.9. The third-order valence-electron chi connectivity index (χ3n) is 4.04. The fraction of sp³-hybridized carbons (Fsp3) is 0.375. The number of aromatic carboxylic acids is 1. The van der Waals surface area contributed by atoms with E-state index in [1.807, 2.05) is 0 Å². The topological polar surface area (TPSA) is 82.5 Å². The summed E-state index contributed by atoms with van der Waals surface area (Å²) in [4.78, 5) is 28.0. The number of rotatable bonds is 5. The predicted octanol–water partition coefficient (Wildman–Crippen LogP) is 1.59. The van der Waals surface area contributed by atoms with Crippen LogP contribution in [0.1, 0.15) is 16.1 Å². The molecule has 1 aliphatic rings. The molecule has 0 aromatic carbocycles. The van der Waals surface area contributed by atoms with Crippen LogP contribution in [-0.2, 0) is 6.42 Å². The van der Waals surface area contributed by atoms with Crippen molar-refractivity contribution in [2.75, 3.05) is 37.6 Å². The first-order valence-electron chi connectivity index (χ1n) is 7.74. The number of nitrogens with zero attached hydrogens (tertiary/aromatic N) is 5. The number of piperazine rings is 1. The van der Waals surface area contributed by atoms with Crippen molar-refractivity contribution in [2.24, 2.45) is 0 Å². The van der Waals surface area contributed by atoms with Crippen LogP contribution in [0.3, 0.4) is 0 Å². The minimum Gasteiger partial charge on any atom is -0.478 e. The van der Waals surface area contributed by atoms with E-state index in [0.717, 1.165) is 44.8 Å². The highest BCUT2D eigenvalue weighted by Crippen LogP contribution is 2.25. The van der Waals surface area contributed by atoms with Gasteiger partial charge >= 0.3 is 5.97 Å². The van der Waals surface area contributed by atoms with Crippen molar-refractivity contribution < 1.29 is 9.90 Å². The molecular weight excluding hydrogens is 330 g/mol. The standard InChI is InChI=1S/C16H18ClN5O2/c17-14-9-12(16(23)24)10-20-15(14)22-7-5-21(6-8-22)4-1-13-11-18-2-3-19-13/h2-3,9-11H,1,4-8H2,(H,23,24). The number of carboxylic acid groups (broad SMARTS) is 1. The molecule has 0 unspecified atom stereocenters. The molecule has 0 saturated carbocycles. The van der Waals surface area contributed by atoms with Crippen molar-refractivity contribution in [3.8, 4) is 0 Å². The maximum Gasteiger partial charge on any atom is 0.337 e. The first-order chi connectivity index (χ1) is 11.6. The molecule has 2 aromatic heterocycles. The second-order valence-electron chi connectivity index (χ2n) is 5.61. The lowest BCUT2D eigenvalue weighted by Gasteiger charge is -2.35. The van der Waals surface area contributed by atoms with Gasteiger partial charge in [-0.3, -0.25) is 14.9 Å². The third-order valence-corrected chi connectivity index (χ3v) is 4.32. The summed E-state index contributed by atoms with van der Waals surface area (Å²) in [5.74, 6) is -0.375. The summed E-state index contributed by atoms with van der Waals surface area (Å²) in [5, 5.41) is 9.35. The van der Waals surface area contributed by atoms with Crippen LogP contribution in [0.2, 0.25) is 5.02 Å². The van der Waals surface area contributed by atoms with E-state index < -0.39 is 5.97 Å². The molecule has 0 atom stereocenters. The maximum atomic E-state index is 10.9. The van der Waals surface area contributed by atoms with Gasteiger partial charge in [-0.15, -0.1) is 0 Å². The molecule has 0 radical (unpaired) electrons. The Morgan fingerprint density at radius 2 is 1.96 bits per heavy atom. The third kappa shape index (κ3) is 3.98. The van der Waals surface area contributed by atoms with Crippen molar-refractivity contribution in [3.05, 3.63) is 47.1 Å². The Bertz CT molecular complexity index is 705.